The molecule has 0 aliphatic rings. The Morgan fingerprint density at radius 3 is 2.35 bits per heavy atom. The Morgan fingerprint density at radius 2 is 1.65 bits per heavy atom. The van der Waals surface area contributed by atoms with Gasteiger partial charge in [-0.25, -0.2) is 0 Å². The zero-order valence-corrected chi connectivity index (χ0v) is 10.5. The molecule has 0 saturated heterocycles. The Morgan fingerprint density at radius 1 is 0.882 bits per heavy atom. The number of hydrogen-bond acceptors (Lipinski definition) is 0. The molecule has 86 valence electrons. The van der Waals surface area contributed by atoms with Crippen LogP contribution in [0, 0.1) is 13.8 Å². The van der Waals surface area contributed by atoms with E-state index in [1.807, 2.05) is 0 Å². The molecule has 0 heterocycles. The highest BCUT2D eigenvalue weighted by atomic mass is 14.0. The molecule has 0 heteroatoms. The lowest BCUT2D eigenvalue weighted by Gasteiger charge is -1.98. The van der Waals surface area contributed by atoms with Crippen LogP contribution in [0.25, 0.3) is 6.08 Å². The maximum Gasteiger partial charge on any atom is -0.00940 e. The van der Waals surface area contributed by atoms with Crippen LogP contribution in [-0.4, -0.2) is 0 Å². The molecule has 2 rings (SSSR count). The van der Waals surface area contributed by atoms with E-state index in [0.717, 1.165) is 6.42 Å². The second-order valence-electron chi connectivity index (χ2n) is 4.51. The first-order valence-electron chi connectivity index (χ1n) is 6.03. The zero-order chi connectivity index (χ0) is 12.1. The molecule has 0 spiro atoms. The fourth-order valence-corrected chi connectivity index (χ4v) is 1.85. The second kappa shape index (κ2) is 5.49. The van der Waals surface area contributed by atoms with Crippen molar-refractivity contribution in [1.29, 1.82) is 0 Å². The number of allylic oxidation sites excluding steroid dienone is 1. The summed E-state index contributed by atoms with van der Waals surface area (Å²) in [5.41, 5.74) is 5.27. The van der Waals surface area contributed by atoms with Crippen LogP contribution in [0.15, 0.2) is 54.6 Å². The minimum atomic E-state index is 0.996. The van der Waals surface area contributed by atoms with Gasteiger partial charge in [-0.1, -0.05) is 71.8 Å². The minimum Gasteiger partial charge on any atom is -0.0795 e. The van der Waals surface area contributed by atoms with Crippen LogP contribution in [0.1, 0.15) is 22.3 Å². The van der Waals surface area contributed by atoms with Gasteiger partial charge in [0.2, 0.25) is 0 Å². The van der Waals surface area contributed by atoms with Crippen LogP contribution in [0.5, 0.6) is 0 Å². The molecule has 0 aromatic heterocycles. The van der Waals surface area contributed by atoms with Crippen LogP contribution < -0.4 is 0 Å². The standard InChI is InChI=1S/C17H18/c1-14-9-11-16(12-10-14)6-4-8-17-7-3-5-15(2)13-17/h3-7,9-13H,8H2,1-2H3/b6-4+. The summed E-state index contributed by atoms with van der Waals surface area (Å²) in [7, 11) is 0. The molecule has 2 aromatic rings. The molecule has 0 amide bonds. The van der Waals surface area contributed by atoms with E-state index < -0.39 is 0 Å². The quantitative estimate of drug-likeness (QED) is 0.714. The average Bonchev–Trinajstić information content (AvgIpc) is 2.32. The number of rotatable bonds is 3. The van der Waals surface area contributed by atoms with Gasteiger partial charge in [-0.3, -0.25) is 0 Å². The van der Waals surface area contributed by atoms with E-state index in [4.69, 9.17) is 0 Å². The van der Waals surface area contributed by atoms with Crippen LogP contribution in [0.4, 0.5) is 0 Å². The van der Waals surface area contributed by atoms with E-state index in [1.165, 1.54) is 22.3 Å². The van der Waals surface area contributed by atoms with Crippen molar-refractivity contribution in [1.82, 2.24) is 0 Å². The van der Waals surface area contributed by atoms with Gasteiger partial charge in [0.05, 0.1) is 0 Å². The summed E-state index contributed by atoms with van der Waals surface area (Å²) in [6.07, 6.45) is 5.40. The highest BCUT2D eigenvalue weighted by Gasteiger charge is 1.90. The predicted molar refractivity (Wildman–Crippen MR) is 75.1 cm³/mol. The van der Waals surface area contributed by atoms with Crippen LogP contribution >= 0.6 is 0 Å². The first-order chi connectivity index (χ1) is 8.24. The van der Waals surface area contributed by atoms with Crippen molar-refractivity contribution >= 4 is 6.08 Å². The van der Waals surface area contributed by atoms with Gasteiger partial charge in [0.25, 0.3) is 0 Å². The summed E-state index contributed by atoms with van der Waals surface area (Å²) in [4.78, 5) is 0. The lowest BCUT2D eigenvalue weighted by molar-refractivity contribution is 1.25. The molecular formula is C17H18. The van der Waals surface area contributed by atoms with Crippen LogP contribution in [0.3, 0.4) is 0 Å². The molecule has 0 nitrogen and oxygen atoms in total. The number of benzene rings is 2. The lowest BCUT2D eigenvalue weighted by atomic mass is 10.1. The summed E-state index contributed by atoms with van der Waals surface area (Å²) in [5, 5.41) is 0. The van der Waals surface area contributed by atoms with Gasteiger partial charge < -0.3 is 0 Å². The Balaban J connectivity index is 2.00. The maximum atomic E-state index is 2.24. The predicted octanol–water partition coefficient (Wildman–Crippen LogP) is 4.56. The highest BCUT2D eigenvalue weighted by Crippen LogP contribution is 2.08. The van der Waals surface area contributed by atoms with Gasteiger partial charge in [-0.15, -0.1) is 0 Å². The minimum absolute atomic E-state index is 0.996. The number of aryl methyl sites for hydroxylation is 2. The third-order valence-electron chi connectivity index (χ3n) is 2.82. The van der Waals surface area contributed by atoms with E-state index in [0.29, 0.717) is 0 Å². The Kier molecular flexibility index (Phi) is 3.77. The topological polar surface area (TPSA) is 0 Å². The van der Waals surface area contributed by atoms with Crippen molar-refractivity contribution in [2.75, 3.05) is 0 Å². The SMILES string of the molecule is Cc1ccc(/C=C/Cc2cccc(C)c2)cc1. The summed E-state index contributed by atoms with van der Waals surface area (Å²) in [5.74, 6) is 0. The molecule has 0 radical (unpaired) electrons. The van der Waals surface area contributed by atoms with Gasteiger partial charge in [0.1, 0.15) is 0 Å². The molecule has 0 N–H and O–H groups in total. The monoisotopic (exact) mass is 222 g/mol. The van der Waals surface area contributed by atoms with E-state index >= 15 is 0 Å². The average molecular weight is 222 g/mol. The molecule has 2 aromatic carbocycles. The van der Waals surface area contributed by atoms with Gasteiger partial charge in [-0.2, -0.15) is 0 Å². The first-order valence-corrected chi connectivity index (χ1v) is 6.03. The van der Waals surface area contributed by atoms with Crippen molar-refractivity contribution in [3.05, 3.63) is 76.9 Å². The molecule has 0 aliphatic heterocycles. The van der Waals surface area contributed by atoms with Crippen molar-refractivity contribution < 1.29 is 0 Å². The van der Waals surface area contributed by atoms with E-state index in [1.54, 1.807) is 0 Å². The molecule has 0 aliphatic carbocycles. The Hall–Kier alpha value is -1.82. The van der Waals surface area contributed by atoms with Gasteiger partial charge in [0.15, 0.2) is 0 Å². The lowest BCUT2D eigenvalue weighted by Crippen LogP contribution is -1.81. The molecule has 0 atom stereocenters. The van der Waals surface area contributed by atoms with Gasteiger partial charge >= 0.3 is 0 Å². The van der Waals surface area contributed by atoms with E-state index in [2.05, 4.69) is 74.5 Å². The maximum absolute atomic E-state index is 2.24. The molecule has 0 unspecified atom stereocenters. The third kappa shape index (κ3) is 3.60. The molecular weight excluding hydrogens is 204 g/mol. The molecule has 0 fully saturated rings. The molecule has 0 bridgehead atoms. The molecule has 0 saturated carbocycles. The fraction of sp³-hybridized carbons (Fsp3) is 0.176. The van der Waals surface area contributed by atoms with Gasteiger partial charge in [0, 0.05) is 0 Å². The normalized spacial score (nSPS) is 10.9. The smallest absolute Gasteiger partial charge is 0.00940 e. The summed E-state index contributed by atoms with van der Waals surface area (Å²) < 4.78 is 0. The van der Waals surface area contributed by atoms with Crippen molar-refractivity contribution in [2.24, 2.45) is 0 Å². The highest BCUT2D eigenvalue weighted by molar-refractivity contribution is 5.50. The van der Waals surface area contributed by atoms with Crippen LogP contribution in [-0.2, 0) is 6.42 Å². The van der Waals surface area contributed by atoms with Crippen molar-refractivity contribution in [3.63, 3.8) is 0 Å². The Labute approximate surface area is 104 Å². The van der Waals surface area contributed by atoms with Gasteiger partial charge in [-0.05, 0) is 31.4 Å². The zero-order valence-electron chi connectivity index (χ0n) is 10.5. The number of hydrogen-bond donors (Lipinski definition) is 0. The Bertz CT molecular complexity index is 504. The molecule has 17 heavy (non-hydrogen) atoms. The van der Waals surface area contributed by atoms with Crippen molar-refractivity contribution in [2.45, 2.75) is 20.3 Å². The van der Waals surface area contributed by atoms with Crippen molar-refractivity contribution in [3.8, 4) is 0 Å². The summed E-state index contributed by atoms with van der Waals surface area (Å²) in [6, 6.07) is 17.3. The fourth-order valence-electron chi connectivity index (χ4n) is 1.85. The first kappa shape index (κ1) is 11.7. The largest absolute Gasteiger partial charge is 0.0795 e. The van der Waals surface area contributed by atoms with Crippen LogP contribution in [0.2, 0.25) is 0 Å². The van der Waals surface area contributed by atoms with E-state index in [9.17, 15) is 0 Å². The third-order valence-corrected chi connectivity index (χ3v) is 2.82. The van der Waals surface area contributed by atoms with E-state index in [-0.39, 0.29) is 0 Å². The summed E-state index contributed by atoms with van der Waals surface area (Å²) in [6.45, 7) is 4.24. The second-order valence-corrected chi connectivity index (χ2v) is 4.51. The summed E-state index contributed by atoms with van der Waals surface area (Å²) >= 11 is 0.